The highest BCUT2D eigenvalue weighted by atomic mass is 16.5. The van der Waals surface area contributed by atoms with Gasteiger partial charge in [0.2, 0.25) is 0 Å². The number of aromatic nitrogens is 1. The Hall–Kier alpha value is -3.48. The number of pyridine rings is 1. The SMILES string of the molecule is Cc1ccc(CN2CC(C)(C)C(=O)/C(=C\c3cccc(N4CCOCC4)n3)C2c2ccc(N(C)C)cc2)cc1. The van der Waals surface area contributed by atoms with E-state index in [9.17, 15) is 4.79 Å². The van der Waals surface area contributed by atoms with E-state index in [1.807, 2.05) is 38.4 Å². The lowest BCUT2D eigenvalue weighted by molar-refractivity contribution is -0.128. The van der Waals surface area contributed by atoms with Gasteiger partial charge in [0.15, 0.2) is 5.78 Å². The Balaban J connectivity index is 1.58. The van der Waals surface area contributed by atoms with Gasteiger partial charge in [-0.1, -0.05) is 61.9 Å². The molecule has 0 amide bonds. The van der Waals surface area contributed by atoms with Crippen LogP contribution in [0.3, 0.4) is 0 Å². The standard InChI is InChI=1S/C33H40N4O2/c1-24-9-11-25(12-10-24)22-37-23-33(2,3)32(38)29(31(37)26-13-15-28(16-14-26)35(4)5)21-27-7-6-8-30(34-27)36-17-19-39-20-18-36/h6-16,21,31H,17-20,22-23H2,1-5H3/b29-21-. The van der Waals surface area contributed by atoms with Crippen molar-refractivity contribution in [2.75, 3.05) is 56.7 Å². The first-order valence-electron chi connectivity index (χ1n) is 13.8. The molecule has 3 heterocycles. The molecule has 0 radical (unpaired) electrons. The minimum Gasteiger partial charge on any atom is -0.378 e. The molecular formula is C33H40N4O2. The molecule has 0 bridgehead atoms. The predicted molar refractivity (Wildman–Crippen MR) is 159 cm³/mol. The van der Waals surface area contributed by atoms with Gasteiger partial charge in [-0.25, -0.2) is 4.98 Å². The number of carbonyl (C=O) groups excluding carboxylic acids is 1. The number of nitrogens with zero attached hydrogens (tertiary/aromatic N) is 4. The molecule has 1 unspecified atom stereocenters. The van der Waals surface area contributed by atoms with Crippen molar-refractivity contribution in [1.82, 2.24) is 9.88 Å². The fraction of sp³-hybridized carbons (Fsp3) is 0.394. The zero-order valence-corrected chi connectivity index (χ0v) is 23.9. The molecule has 3 aromatic rings. The van der Waals surface area contributed by atoms with Crippen molar-refractivity contribution < 1.29 is 9.53 Å². The van der Waals surface area contributed by atoms with E-state index in [1.165, 1.54) is 11.1 Å². The predicted octanol–water partition coefficient (Wildman–Crippen LogP) is 5.53. The number of benzene rings is 2. The number of hydrogen-bond donors (Lipinski definition) is 0. The number of carbonyl (C=O) groups is 1. The molecule has 1 atom stereocenters. The van der Waals surface area contributed by atoms with Gasteiger partial charge >= 0.3 is 0 Å². The zero-order chi connectivity index (χ0) is 27.6. The molecule has 0 aliphatic carbocycles. The number of likely N-dealkylation sites (tertiary alicyclic amines) is 1. The van der Waals surface area contributed by atoms with Crippen LogP contribution < -0.4 is 9.80 Å². The van der Waals surface area contributed by atoms with E-state index in [-0.39, 0.29) is 11.8 Å². The highest BCUT2D eigenvalue weighted by Gasteiger charge is 2.44. The monoisotopic (exact) mass is 524 g/mol. The Bertz CT molecular complexity index is 1320. The number of hydrogen-bond acceptors (Lipinski definition) is 6. The van der Waals surface area contributed by atoms with Crippen LogP contribution in [0.4, 0.5) is 11.5 Å². The summed E-state index contributed by atoms with van der Waals surface area (Å²) in [4.78, 5) is 25.9. The molecule has 5 rings (SSSR count). The summed E-state index contributed by atoms with van der Waals surface area (Å²) >= 11 is 0. The molecule has 0 saturated carbocycles. The van der Waals surface area contributed by atoms with E-state index in [0.717, 1.165) is 48.0 Å². The molecule has 2 fully saturated rings. The molecule has 1 aromatic heterocycles. The van der Waals surface area contributed by atoms with Crippen LogP contribution in [0.15, 0.2) is 72.3 Å². The maximum Gasteiger partial charge on any atom is 0.167 e. The van der Waals surface area contributed by atoms with Crippen LogP contribution in [-0.4, -0.2) is 62.6 Å². The van der Waals surface area contributed by atoms with E-state index >= 15 is 0 Å². The summed E-state index contributed by atoms with van der Waals surface area (Å²) < 4.78 is 5.53. The first-order valence-corrected chi connectivity index (χ1v) is 13.8. The summed E-state index contributed by atoms with van der Waals surface area (Å²) in [6, 6.07) is 23.2. The van der Waals surface area contributed by atoms with Crippen LogP contribution in [0.5, 0.6) is 0 Å². The van der Waals surface area contributed by atoms with Crippen LogP contribution in [0.2, 0.25) is 0 Å². The number of aryl methyl sites for hydroxylation is 1. The van der Waals surface area contributed by atoms with Crippen molar-refractivity contribution in [2.24, 2.45) is 5.41 Å². The summed E-state index contributed by atoms with van der Waals surface area (Å²) in [5, 5.41) is 0. The number of anilines is 2. The Kier molecular flexibility index (Phi) is 7.87. The third-order valence-electron chi connectivity index (χ3n) is 7.76. The second-order valence-corrected chi connectivity index (χ2v) is 11.6. The van der Waals surface area contributed by atoms with Gasteiger partial charge in [0, 0.05) is 56.9 Å². The van der Waals surface area contributed by atoms with Crippen molar-refractivity contribution in [2.45, 2.75) is 33.4 Å². The van der Waals surface area contributed by atoms with Crippen molar-refractivity contribution in [1.29, 1.82) is 0 Å². The van der Waals surface area contributed by atoms with Gasteiger partial charge in [0.1, 0.15) is 5.82 Å². The highest BCUT2D eigenvalue weighted by molar-refractivity contribution is 6.05. The van der Waals surface area contributed by atoms with Gasteiger partial charge in [0.05, 0.1) is 24.9 Å². The van der Waals surface area contributed by atoms with Crippen LogP contribution in [0.25, 0.3) is 6.08 Å². The third-order valence-corrected chi connectivity index (χ3v) is 7.76. The largest absolute Gasteiger partial charge is 0.378 e. The molecule has 2 saturated heterocycles. The van der Waals surface area contributed by atoms with Crippen molar-refractivity contribution in [3.8, 4) is 0 Å². The third kappa shape index (κ3) is 6.07. The summed E-state index contributed by atoms with van der Waals surface area (Å²) in [5.74, 6) is 1.11. The lowest BCUT2D eigenvalue weighted by Crippen LogP contribution is -2.49. The fourth-order valence-electron chi connectivity index (χ4n) is 5.60. The maximum absolute atomic E-state index is 14.1. The van der Waals surface area contributed by atoms with Gasteiger partial charge in [0.25, 0.3) is 0 Å². The molecule has 6 heteroatoms. The lowest BCUT2D eigenvalue weighted by atomic mass is 9.74. The molecule has 0 spiro atoms. The lowest BCUT2D eigenvalue weighted by Gasteiger charge is -2.44. The Morgan fingerprint density at radius 3 is 2.36 bits per heavy atom. The Morgan fingerprint density at radius 2 is 1.69 bits per heavy atom. The van der Waals surface area contributed by atoms with E-state index in [4.69, 9.17) is 9.72 Å². The second kappa shape index (κ2) is 11.3. The van der Waals surface area contributed by atoms with E-state index in [0.29, 0.717) is 19.8 Å². The summed E-state index contributed by atoms with van der Waals surface area (Å²) in [5.41, 5.74) is 5.83. The van der Waals surface area contributed by atoms with Gasteiger partial charge in [-0.2, -0.15) is 0 Å². The molecule has 2 aliphatic rings. The summed E-state index contributed by atoms with van der Waals surface area (Å²) in [7, 11) is 4.09. The highest BCUT2D eigenvalue weighted by Crippen LogP contribution is 2.42. The number of Topliss-reactive ketones (excluding diaryl/α,β-unsaturated/α-hetero) is 1. The van der Waals surface area contributed by atoms with E-state index in [2.05, 4.69) is 84.0 Å². The molecular weight excluding hydrogens is 484 g/mol. The van der Waals surface area contributed by atoms with Gasteiger partial charge in [-0.15, -0.1) is 0 Å². The first-order chi connectivity index (χ1) is 18.7. The quantitative estimate of drug-likeness (QED) is 0.395. The summed E-state index contributed by atoms with van der Waals surface area (Å²) in [6.45, 7) is 10.7. The van der Waals surface area contributed by atoms with Gasteiger partial charge < -0.3 is 14.5 Å². The second-order valence-electron chi connectivity index (χ2n) is 11.6. The average molecular weight is 525 g/mol. The number of morpholine rings is 1. The van der Waals surface area contributed by atoms with E-state index < -0.39 is 5.41 Å². The maximum atomic E-state index is 14.1. The number of piperidine rings is 1. The van der Waals surface area contributed by atoms with E-state index in [1.54, 1.807) is 0 Å². The molecule has 2 aromatic carbocycles. The number of rotatable bonds is 6. The smallest absolute Gasteiger partial charge is 0.167 e. The van der Waals surface area contributed by atoms with Crippen molar-refractivity contribution >= 4 is 23.4 Å². The normalized spacial score (nSPS) is 20.8. The molecule has 204 valence electrons. The van der Waals surface area contributed by atoms with Crippen molar-refractivity contribution in [3.63, 3.8) is 0 Å². The van der Waals surface area contributed by atoms with Gasteiger partial charge in [-0.3, -0.25) is 9.69 Å². The molecule has 6 nitrogen and oxygen atoms in total. The number of ketones is 1. The van der Waals surface area contributed by atoms with Gasteiger partial charge in [-0.05, 0) is 48.4 Å². The first kappa shape index (κ1) is 27.1. The molecule has 2 aliphatic heterocycles. The minimum atomic E-state index is -0.515. The van der Waals surface area contributed by atoms with Crippen LogP contribution in [0, 0.1) is 12.3 Å². The van der Waals surface area contributed by atoms with Crippen molar-refractivity contribution in [3.05, 3.63) is 94.7 Å². The number of ether oxygens (including phenoxy) is 1. The van der Waals surface area contributed by atoms with Crippen LogP contribution >= 0.6 is 0 Å². The Morgan fingerprint density at radius 1 is 1.00 bits per heavy atom. The molecule has 39 heavy (non-hydrogen) atoms. The topological polar surface area (TPSA) is 48.9 Å². The van der Waals surface area contributed by atoms with Crippen LogP contribution in [-0.2, 0) is 16.1 Å². The van der Waals surface area contributed by atoms with Crippen LogP contribution in [0.1, 0.15) is 42.3 Å². The zero-order valence-electron chi connectivity index (χ0n) is 23.9. The average Bonchev–Trinajstić information content (AvgIpc) is 2.93. The minimum absolute atomic E-state index is 0.170. The Labute approximate surface area is 232 Å². The summed E-state index contributed by atoms with van der Waals surface area (Å²) in [6.07, 6.45) is 2.03. The molecule has 0 N–H and O–H groups in total. The fourth-order valence-corrected chi connectivity index (χ4v) is 5.60.